The molecule has 1 saturated carbocycles. The molecular formula is C14H14F5NO. The number of benzene rings is 1. The molecule has 2 aliphatic rings. The summed E-state index contributed by atoms with van der Waals surface area (Å²) in [7, 11) is 0. The third-order valence-electron chi connectivity index (χ3n) is 4.52. The van der Waals surface area contributed by atoms with Gasteiger partial charge < -0.3 is 0 Å². The van der Waals surface area contributed by atoms with Crippen molar-refractivity contribution in [3.8, 4) is 0 Å². The van der Waals surface area contributed by atoms with E-state index in [0.717, 1.165) is 6.07 Å². The normalized spacial score (nSPS) is 37.7. The topological polar surface area (TPSA) is 21.3 Å². The molecule has 0 aromatic heterocycles. The monoisotopic (exact) mass is 307 g/mol. The summed E-state index contributed by atoms with van der Waals surface area (Å²) in [5.74, 6) is -5.09. The lowest BCUT2D eigenvalue weighted by Crippen LogP contribution is -2.46. The molecule has 1 aliphatic heterocycles. The lowest BCUT2D eigenvalue weighted by atomic mass is 9.73. The number of fused-ring (bicyclic) bond motifs is 1. The summed E-state index contributed by atoms with van der Waals surface area (Å²) in [6.45, 7) is -2.35. The quantitative estimate of drug-likeness (QED) is 0.865. The smallest absolute Gasteiger partial charge is 0.251 e. The molecule has 0 unspecified atom stereocenters. The average molecular weight is 307 g/mol. The van der Waals surface area contributed by atoms with E-state index >= 15 is 0 Å². The van der Waals surface area contributed by atoms with Crippen molar-refractivity contribution in [2.24, 2.45) is 5.92 Å². The number of alkyl halides is 4. The van der Waals surface area contributed by atoms with Crippen molar-refractivity contribution >= 4 is 0 Å². The van der Waals surface area contributed by atoms with E-state index in [1.165, 1.54) is 18.2 Å². The Balaban J connectivity index is 2.11. The number of rotatable bonds is 3. The van der Waals surface area contributed by atoms with Crippen molar-refractivity contribution in [2.45, 2.75) is 29.9 Å². The first-order valence-corrected chi connectivity index (χ1v) is 6.59. The van der Waals surface area contributed by atoms with Crippen LogP contribution in [0.5, 0.6) is 0 Å². The second-order valence-corrected chi connectivity index (χ2v) is 5.78. The molecule has 116 valence electrons. The predicted molar refractivity (Wildman–Crippen MR) is 64.7 cm³/mol. The van der Waals surface area contributed by atoms with Gasteiger partial charge in [0.2, 0.25) is 0 Å². The van der Waals surface area contributed by atoms with Crippen LogP contribution >= 0.6 is 0 Å². The summed E-state index contributed by atoms with van der Waals surface area (Å²) >= 11 is 0. The summed E-state index contributed by atoms with van der Waals surface area (Å²) in [5, 5.41) is 0. The Morgan fingerprint density at radius 3 is 2.52 bits per heavy atom. The van der Waals surface area contributed by atoms with Crippen LogP contribution < -0.4 is 5.48 Å². The van der Waals surface area contributed by atoms with Gasteiger partial charge in [0.25, 0.3) is 5.92 Å². The van der Waals surface area contributed by atoms with Crippen LogP contribution in [-0.4, -0.2) is 24.9 Å². The van der Waals surface area contributed by atoms with Gasteiger partial charge in [0.15, 0.2) is 0 Å². The molecule has 7 heteroatoms. The second kappa shape index (κ2) is 4.64. The molecule has 1 saturated heterocycles. The molecule has 2 fully saturated rings. The zero-order chi connectivity index (χ0) is 15.3. The molecule has 1 aromatic carbocycles. The Bertz CT molecular complexity index is 554. The van der Waals surface area contributed by atoms with Crippen LogP contribution in [-0.2, 0) is 10.4 Å². The summed E-state index contributed by atoms with van der Waals surface area (Å²) in [5.41, 5.74) is -1.42. The molecule has 0 amide bonds. The molecule has 1 aliphatic carbocycles. The number of halogens is 5. The molecule has 2 nitrogen and oxygen atoms in total. The van der Waals surface area contributed by atoms with Crippen LogP contribution in [0, 0.1) is 11.7 Å². The van der Waals surface area contributed by atoms with Crippen LogP contribution in [0.1, 0.15) is 18.4 Å². The molecule has 1 heterocycles. The molecule has 1 aromatic rings. The Morgan fingerprint density at radius 1 is 1.19 bits per heavy atom. The summed E-state index contributed by atoms with van der Waals surface area (Å²) in [4.78, 5) is 5.05. The van der Waals surface area contributed by atoms with E-state index in [0.29, 0.717) is 0 Å². The minimum atomic E-state index is -3.16. The molecule has 0 bridgehead atoms. The van der Waals surface area contributed by atoms with Crippen molar-refractivity contribution in [3.63, 3.8) is 0 Å². The maximum atomic E-state index is 14.0. The Morgan fingerprint density at radius 2 is 1.90 bits per heavy atom. The summed E-state index contributed by atoms with van der Waals surface area (Å²) < 4.78 is 68.5. The predicted octanol–water partition coefficient (Wildman–Crippen LogP) is 3.28. The van der Waals surface area contributed by atoms with Crippen LogP contribution in [0.4, 0.5) is 22.0 Å². The first kappa shape index (κ1) is 14.7. The summed E-state index contributed by atoms with van der Waals surface area (Å²) in [6.07, 6.45) is -1.59. The fourth-order valence-electron chi connectivity index (χ4n) is 3.54. The van der Waals surface area contributed by atoms with Crippen molar-refractivity contribution in [3.05, 3.63) is 35.6 Å². The van der Waals surface area contributed by atoms with Gasteiger partial charge >= 0.3 is 0 Å². The van der Waals surface area contributed by atoms with Gasteiger partial charge in [-0.15, -0.1) is 0 Å². The lowest BCUT2D eigenvalue weighted by Gasteiger charge is -2.32. The van der Waals surface area contributed by atoms with Crippen LogP contribution in [0.2, 0.25) is 0 Å². The van der Waals surface area contributed by atoms with Gasteiger partial charge in [-0.25, -0.2) is 22.0 Å². The maximum Gasteiger partial charge on any atom is 0.251 e. The summed E-state index contributed by atoms with van der Waals surface area (Å²) in [6, 6.07) is 5.29. The lowest BCUT2D eigenvalue weighted by molar-refractivity contribution is -0.109. The zero-order valence-electron chi connectivity index (χ0n) is 11.0. The number of hydrogen-bond acceptors (Lipinski definition) is 2. The molecular weight excluding hydrogens is 293 g/mol. The number of nitrogens with one attached hydrogen (secondary N) is 1. The van der Waals surface area contributed by atoms with Crippen molar-refractivity contribution in [1.82, 2.24) is 5.48 Å². The first-order chi connectivity index (χ1) is 9.89. The van der Waals surface area contributed by atoms with Crippen LogP contribution in [0.15, 0.2) is 24.3 Å². The first-order valence-electron chi connectivity index (χ1n) is 6.59. The maximum absolute atomic E-state index is 14.0. The zero-order valence-corrected chi connectivity index (χ0v) is 11.0. The number of hydroxylamine groups is 1. The highest BCUT2D eigenvalue weighted by Gasteiger charge is 2.69. The van der Waals surface area contributed by atoms with E-state index < -0.39 is 55.0 Å². The highest BCUT2D eigenvalue weighted by atomic mass is 19.3. The van der Waals surface area contributed by atoms with E-state index in [9.17, 15) is 22.0 Å². The van der Waals surface area contributed by atoms with Crippen LogP contribution in [0.3, 0.4) is 0 Å². The standard InChI is InChI=1S/C14H14F5NO/c15-7-12-6-13(18,19)5-11(12)14(8-16,20-21-12)9-3-1-2-4-10(9)17/h1-4,11,20H,5-8H2/t11-,12-,14+/m1/s1. The second-order valence-electron chi connectivity index (χ2n) is 5.78. The Hall–Kier alpha value is -1.21. The minimum absolute atomic E-state index is 0.120. The molecule has 21 heavy (non-hydrogen) atoms. The SMILES string of the molecule is FC[C@]12CC(F)(F)C[C@H]1[C@](CF)(c1ccccc1F)NO2. The fourth-order valence-corrected chi connectivity index (χ4v) is 3.54. The Kier molecular flexibility index (Phi) is 3.25. The van der Waals surface area contributed by atoms with Gasteiger partial charge in [-0.1, -0.05) is 18.2 Å². The molecule has 0 radical (unpaired) electrons. The minimum Gasteiger partial charge on any atom is -0.291 e. The van der Waals surface area contributed by atoms with Gasteiger partial charge in [0, 0.05) is 24.3 Å². The van der Waals surface area contributed by atoms with E-state index in [1.807, 2.05) is 0 Å². The van der Waals surface area contributed by atoms with E-state index in [1.54, 1.807) is 0 Å². The van der Waals surface area contributed by atoms with Crippen LogP contribution in [0.25, 0.3) is 0 Å². The molecule has 0 spiro atoms. The highest BCUT2D eigenvalue weighted by molar-refractivity contribution is 5.31. The third-order valence-corrected chi connectivity index (χ3v) is 4.52. The Labute approximate surface area is 118 Å². The van der Waals surface area contributed by atoms with E-state index in [2.05, 4.69) is 5.48 Å². The van der Waals surface area contributed by atoms with Gasteiger partial charge in [0.1, 0.15) is 30.3 Å². The third kappa shape index (κ3) is 1.97. The highest BCUT2D eigenvalue weighted by Crippen LogP contribution is 2.58. The largest absolute Gasteiger partial charge is 0.291 e. The van der Waals surface area contributed by atoms with Gasteiger partial charge in [0.05, 0.1) is 0 Å². The van der Waals surface area contributed by atoms with Gasteiger partial charge in [-0.2, -0.15) is 5.48 Å². The fraction of sp³-hybridized carbons (Fsp3) is 0.571. The van der Waals surface area contributed by atoms with Crippen molar-refractivity contribution < 1.29 is 26.8 Å². The van der Waals surface area contributed by atoms with Crippen molar-refractivity contribution in [1.29, 1.82) is 0 Å². The number of hydrogen-bond donors (Lipinski definition) is 1. The van der Waals surface area contributed by atoms with Gasteiger partial charge in [-0.3, -0.25) is 4.84 Å². The van der Waals surface area contributed by atoms with E-state index in [4.69, 9.17) is 4.84 Å². The average Bonchev–Trinajstić information content (AvgIpc) is 2.89. The van der Waals surface area contributed by atoms with Crippen molar-refractivity contribution in [2.75, 3.05) is 13.3 Å². The van der Waals surface area contributed by atoms with Gasteiger partial charge in [-0.05, 0) is 6.07 Å². The molecule has 1 N–H and O–H groups in total. The van der Waals surface area contributed by atoms with E-state index in [-0.39, 0.29) is 5.56 Å². The molecule has 3 atom stereocenters. The molecule has 3 rings (SSSR count).